The van der Waals surface area contributed by atoms with Crippen molar-refractivity contribution >= 4 is 23.9 Å². The zero-order valence-electron chi connectivity index (χ0n) is 18.4. The Kier molecular flexibility index (Phi) is 6.17. The highest BCUT2D eigenvalue weighted by atomic mass is 16.5. The maximum atomic E-state index is 12.6. The van der Waals surface area contributed by atoms with Gasteiger partial charge >= 0.3 is 5.97 Å². The average Bonchev–Trinajstić information content (AvgIpc) is 2.71. The first-order valence-electron chi connectivity index (χ1n) is 11.3. The Labute approximate surface area is 183 Å². The summed E-state index contributed by atoms with van der Waals surface area (Å²) in [6.45, 7) is 3.07. The van der Waals surface area contributed by atoms with Crippen molar-refractivity contribution < 1.29 is 19.1 Å². The average molecular weight is 425 g/mol. The van der Waals surface area contributed by atoms with Crippen molar-refractivity contribution in [1.29, 1.82) is 0 Å². The minimum Gasteiger partial charge on any atom is -0.451 e. The molecule has 1 aromatic carbocycles. The van der Waals surface area contributed by atoms with Crippen LogP contribution in [0.25, 0.3) is 6.08 Å². The third kappa shape index (κ3) is 5.00. The summed E-state index contributed by atoms with van der Waals surface area (Å²) in [5.41, 5.74) is 0.965. The number of rotatable bonds is 7. The highest BCUT2D eigenvalue weighted by Crippen LogP contribution is 2.61. The molecule has 0 radical (unpaired) electrons. The maximum absolute atomic E-state index is 12.6. The second-order valence-corrected chi connectivity index (χ2v) is 9.80. The molecule has 4 bridgehead atoms. The van der Waals surface area contributed by atoms with Gasteiger partial charge in [0.15, 0.2) is 6.61 Å². The van der Waals surface area contributed by atoms with Gasteiger partial charge in [-0.2, -0.15) is 0 Å². The predicted molar refractivity (Wildman–Crippen MR) is 117 cm³/mol. The van der Waals surface area contributed by atoms with Crippen molar-refractivity contribution in [3.05, 3.63) is 41.6 Å². The van der Waals surface area contributed by atoms with Crippen LogP contribution in [0.2, 0.25) is 0 Å². The van der Waals surface area contributed by atoms with E-state index in [1.165, 1.54) is 45.4 Å². The number of hydrogen-bond donors (Lipinski definition) is 2. The van der Waals surface area contributed by atoms with E-state index in [2.05, 4.69) is 17.6 Å². The van der Waals surface area contributed by atoms with Crippen LogP contribution < -0.4 is 10.6 Å². The van der Waals surface area contributed by atoms with Gasteiger partial charge in [0, 0.05) is 13.0 Å². The van der Waals surface area contributed by atoms with E-state index in [1.807, 2.05) is 30.3 Å². The Balaban J connectivity index is 1.33. The lowest BCUT2D eigenvalue weighted by atomic mass is 9.48. The van der Waals surface area contributed by atoms with E-state index in [0.717, 1.165) is 23.3 Å². The quantitative estimate of drug-likeness (QED) is 0.519. The molecule has 6 nitrogen and oxygen atoms in total. The summed E-state index contributed by atoms with van der Waals surface area (Å²) in [5.74, 6) is 1.04. The second-order valence-electron chi connectivity index (χ2n) is 9.80. The lowest BCUT2D eigenvalue weighted by Crippen LogP contribution is -2.56. The van der Waals surface area contributed by atoms with Crippen LogP contribution in [0.1, 0.15) is 57.9 Å². The van der Waals surface area contributed by atoms with Crippen LogP contribution in [0.3, 0.4) is 0 Å². The van der Waals surface area contributed by atoms with E-state index in [0.29, 0.717) is 0 Å². The molecule has 4 aliphatic rings. The molecular weight excluding hydrogens is 392 g/mol. The zero-order valence-corrected chi connectivity index (χ0v) is 18.4. The number of carbonyl (C=O) groups is 3. The summed E-state index contributed by atoms with van der Waals surface area (Å²) < 4.78 is 5.22. The number of benzene rings is 1. The summed E-state index contributed by atoms with van der Waals surface area (Å²) >= 11 is 0. The molecule has 1 unspecified atom stereocenters. The van der Waals surface area contributed by atoms with Crippen LogP contribution in [-0.2, 0) is 19.1 Å². The van der Waals surface area contributed by atoms with Gasteiger partial charge in [-0.05, 0) is 80.3 Å². The van der Waals surface area contributed by atoms with Crippen LogP contribution in [0, 0.1) is 23.2 Å². The Morgan fingerprint density at radius 1 is 1.06 bits per heavy atom. The van der Waals surface area contributed by atoms with Crippen molar-refractivity contribution in [2.45, 2.75) is 58.4 Å². The standard InChI is InChI=1S/C25H32N2O4/c1-16(25-12-19-8-20(13-25)10-21(9-19)14-25)26-23(29)15-31-24(30)22(27-17(2)28)11-18-6-4-3-5-7-18/h3-7,11,16,19-21H,8-10,12-15H2,1-2H3,(H,26,29)(H,27,28)/b22-11-. The Hall–Kier alpha value is -2.63. The first kappa shape index (κ1) is 21.6. The van der Waals surface area contributed by atoms with Crippen molar-refractivity contribution in [2.75, 3.05) is 6.61 Å². The molecular formula is C25H32N2O4. The maximum Gasteiger partial charge on any atom is 0.355 e. The third-order valence-corrected chi connectivity index (χ3v) is 7.36. The van der Waals surface area contributed by atoms with E-state index in [1.54, 1.807) is 6.08 Å². The predicted octanol–water partition coefficient (Wildman–Crippen LogP) is 3.43. The van der Waals surface area contributed by atoms with Gasteiger partial charge in [0.1, 0.15) is 5.70 Å². The summed E-state index contributed by atoms with van der Waals surface area (Å²) in [5, 5.41) is 5.60. The third-order valence-electron chi connectivity index (χ3n) is 7.36. The smallest absolute Gasteiger partial charge is 0.355 e. The molecule has 6 heteroatoms. The fourth-order valence-electron chi connectivity index (χ4n) is 6.40. The van der Waals surface area contributed by atoms with Crippen LogP contribution in [-0.4, -0.2) is 30.4 Å². The SMILES string of the molecule is CC(=O)N/C(=C\c1ccccc1)C(=O)OCC(=O)NC(C)C12CC3CC(CC(C3)C1)C2. The second kappa shape index (κ2) is 8.85. The number of amides is 2. The normalized spacial score (nSPS) is 29.9. The van der Waals surface area contributed by atoms with Gasteiger partial charge in [0.2, 0.25) is 5.91 Å². The summed E-state index contributed by atoms with van der Waals surface area (Å²) in [6, 6.07) is 9.23. The summed E-state index contributed by atoms with van der Waals surface area (Å²) in [6.07, 6.45) is 9.22. The molecule has 4 aliphatic carbocycles. The topological polar surface area (TPSA) is 84.5 Å². The molecule has 0 aromatic heterocycles. The van der Waals surface area contributed by atoms with Gasteiger partial charge in [0.25, 0.3) is 5.91 Å². The van der Waals surface area contributed by atoms with E-state index >= 15 is 0 Å². The molecule has 0 saturated heterocycles. The van der Waals surface area contributed by atoms with E-state index in [4.69, 9.17) is 4.74 Å². The van der Waals surface area contributed by atoms with Gasteiger partial charge < -0.3 is 15.4 Å². The van der Waals surface area contributed by atoms with Gasteiger partial charge in [-0.3, -0.25) is 9.59 Å². The molecule has 166 valence electrons. The van der Waals surface area contributed by atoms with Crippen molar-refractivity contribution in [3.63, 3.8) is 0 Å². The van der Waals surface area contributed by atoms with Gasteiger partial charge in [-0.1, -0.05) is 30.3 Å². The first-order valence-corrected chi connectivity index (χ1v) is 11.3. The molecule has 4 fully saturated rings. The van der Waals surface area contributed by atoms with Crippen molar-refractivity contribution in [2.24, 2.45) is 23.2 Å². The van der Waals surface area contributed by atoms with Gasteiger partial charge in [0.05, 0.1) is 0 Å². The highest BCUT2D eigenvalue weighted by molar-refractivity contribution is 5.98. The lowest BCUT2D eigenvalue weighted by molar-refractivity contribution is -0.146. The van der Waals surface area contributed by atoms with Crippen molar-refractivity contribution in [3.8, 4) is 0 Å². The molecule has 0 heterocycles. The molecule has 0 spiro atoms. The number of ether oxygens (including phenoxy) is 1. The fraction of sp³-hybridized carbons (Fsp3) is 0.560. The van der Waals surface area contributed by atoms with Crippen LogP contribution in [0.5, 0.6) is 0 Å². The monoisotopic (exact) mass is 424 g/mol. The molecule has 31 heavy (non-hydrogen) atoms. The fourth-order valence-corrected chi connectivity index (χ4v) is 6.40. The molecule has 4 saturated carbocycles. The molecule has 2 N–H and O–H groups in total. The molecule has 1 atom stereocenters. The largest absolute Gasteiger partial charge is 0.451 e. The van der Waals surface area contributed by atoms with Crippen LogP contribution in [0.4, 0.5) is 0 Å². The molecule has 0 aliphatic heterocycles. The minimum absolute atomic E-state index is 0.0145. The van der Waals surface area contributed by atoms with E-state index < -0.39 is 5.97 Å². The number of nitrogens with one attached hydrogen (secondary N) is 2. The first-order chi connectivity index (χ1) is 14.8. The Morgan fingerprint density at radius 3 is 2.19 bits per heavy atom. The Morgan fingerprint density at radius 2 is 1.65 bits per heavy atom. The lowest BCUT2D eigenvalue weighted by Gasteiger charge is -2.59. The molecule has 1 aromatic rings. The Bertz CT molecular complexity index is 841. The molecule has 5 rings (SSSR count). The van der Waals surface area contributed by atoms with Crippen LogP contribution >= 0.6 is 0 Å². The van der Waals surface area contributed by atoms with E-state index in [9.17, 15) is 14.4 Å². The van der Waals surface area contributed by atoms with Crippen LogP contribution in [0.15, 0.2) is 36.0 Å². The zero-order chi connectivity index (χ0) is 22.0. The number of carbonyl (C=O) groups excluding carboxylic acids is 3. The summed E-state index contributed by atoms with van der Waals surface area (Å²) in [7, 11) is 0. The van der Waals surface area contributed by atoms with Crippen molar-refractivity contribution in [1.82, 2.24) is 10.6 Å². The highest BCUT2D eigenvalue weighted by Gasteiger charge is 2.53. The molecule has 2 amide bonds. The van der Waals surface area contributed by atoms with Gasteiger partial charge in [-0.25, -0.2) is 4.79 Å². The number of hydrogen-bond acceptors (Lipinski definition) is 4. The van der Waals surface area contributed by atoms with Gasteiger partial charge in [-0.15, -0.1) is 0 Å². The minimum atomic E-state index is -0.725. The van der Waals surface area contributed by atoms with E-state index in [-0.39, 0.29) is 35.6 Å². The summed E-state index contributed by atoms with van der Waals surface area (Å²) in [4.78, 5) is 36.6. The number of esters is 1.